The van der Waals surface area contributed by atoms with Crippen LogP contribution in [0.5, 0.6) is 0 Å². The second-order valence-corrected chi connectivity index (χ2v) is 2.80. The van der Waals surface area contributed by atoms with Crippen LogP contribution < -0.4 is 5.56 Å². The number of carboxylic acid groups (broad SMARTS) is 1. The molecule has 0 bridgehead atoms. The van der Waals surface area contributed by atoms with Gasteiger partial charge in [0, 0.05) is 19.3 Å². The highest BCUT2D eigenvalue weighted by atomic mass is 16.4. The maximum atomic E-state index is 11.4. The summed E-state index contributed by atoms with van der Waals surface area (Å²) < 4.78 is 1.28. The van der Waals surface area contributed by atoms with E-state index < -0.39 is 11.5 Å². The van der Waals surface area contributed by atoms with Crippen LogP contribution in [0, 0.1) is 0 Å². The number of aromatic nitrogens is 1. The molecule has 0 aromatic carbocycles. The third-order valence-electron chi connectivity index (χ3n) is 1.81. The van der Waals surface area contributed by atoms with Gasteiger partial charge in [-0.1, -0.05) is 0 Å². The Hall–Kier alpha value is -1.62. The molecule has 5 heteroatoms. The molecule has 0 aliphatic rings. The van der Waals surface area contributed by atoms with Gasteiger partial charge in [0.25, 0.3) is 5.56 Å². The fourth-order valence-corrected chi connectivity index (χ4v) is 1.12. The summed E-state index contributed by atoms with van der Waals surface area (Å²) in [4.78, 5) is 22.0. The largest absolute Gasteiger partial charge is 0.477 e. The molecule has 76 valence electrons. The summed E-state index contributed by atoms with van der Waals surface area (Å²) in [6.07, 6.45) is 1.94. The Labute approximate surface area is 80.2 Å². The van der Waals surface area contributed by atoms with Crippen molar-refractivity contribution in [1.29, 1.82) is 0 Å². The van der Waals surface area contributed by atoms with E-state index in [4.69, 9.17) is 10.2 Å². The smallest absolute Gasteiger partial charge is 0.341 e. The highest BCUT2D eigenvalue weighted by molar-refractivity contribution is 5.86. The molecule has 2 N–H and O–H groups in total. The van der Waals surface area contributed by atoms with Gasteiger partial charge in [-0.3, -0.25) is 4.79 Å². The predicted octanol–water partition coefficient (Wildman–Crippen LogP) is -0.0711. The van der Waals surface area contributed by atoms with Crippen molar-refractivity contribution in [3.05, 3.63) is 34.2 Å². The third-order valence-corrected chi connectivity index (χ3v) is 1.81. The summed E-state index contributed by atoms with van der Waals surface area (Å²) in [7, 11) is 0. The second-order valence-electron chi connectivity index (χ2n) is 2.80. The Bertz CT molecular complexity index is 383. The zero-order valence-corrected chi connectivity index (χ0v) is 7.51. The molecule has 1 heterocycles. The maximum absolute atomic E-state index is 11.4. The van der Waals surface area contributed by atoms with E-state index in [2.05, 4.69) is 0 Å². The first-order valence-corrected chi connectivity index (χ1v) is 4.20. The summed E-state index contributed by atoms with van der Waals surface area (Å²) in [5.41, 5.74) is -0.779. The topological polar surface area (TPSA) is 79.5 Å². The zero-order chi connectivity index (χ0) is 10.6. The number of pyridine rings is 1. The molecule has 0 aliphatic carbocycles. The highest BCUT2D eigenvalue weighted by Gasteiger charge is 2.09. The van der Waals surface area contributed by atoms with Crippen LogP contribution in [0.2, 0.25) is 0 Å². The van der Waals surface area contributed by atoms with Gasteiger partial charge < -0.3 is 14.8 Å². The van der Waals surface area contributed by atoms with Crippen LogP contribution in [-0.4, -0.2) is 27.4 Å². The molecule has 0 unspecified atom stereocenters. The molecule has 0 radical (unpaired) electrons. The van der Waals surface area contributed by atoms with Gasteiger partial charge >= 0.3 is 5.97 Å². The highest BCUT2D eigenvalue weighted by Crippen LogP contribution is 1.93. The van der Waals surface area contributed by atoms with Gasteiger partial charge in [0.2, 0.25) is 0 Å². The van der Waals surface area contributed by atoms with E-state index in [1.165, 1.54) is 22.9 Å². The van der Waals surface area contributed by atoms with Crippen molar-refractivity contribution < 1.29 is 15.0 Å². The van der Waals surface area contributed by atoms with E-state index in [9.17, 15) is 9.59 Å². The predicted molar refractivity (Wildman–Crippen MR) is 49.4 cm³/mol. The number of nitrogens with zero attached hydrogens (tertiary/aromatic N) is 1. The first kappa shape index (κ1) is 10.5. The van der Waals surface area contributed by atoms with Crippen LogP contribution in [0.15, 0.2) is 23.1 Å². The lowest BCUT2D eigenvalue weighted by Gasteiger charge is -2.04. The number of aryl methyl sites for hydroxylation is 1. The van der Waals surface area contributed by atoms with Gasteiger partial charge in [0.1, 0.15) is 5.56 Å². The summed E-state index contributed by atoms with van der Waals surface area (Å²) in [5, 5.41) is 17.2. The normalized spacial score (nSPS) is 10.1. The molecular weight excluding hydrogens is 186 g/mol. The number of carboxylic acids is 1. The Morgan fingerprint density at radius 2 is 2.21 bits per heavy atom. The average molecular weight is 197 g/mol. The Morgan fingerprint density at radius 3 is 2.79 bits per heavy atom. The van der Waals surface area contributed by atoms with Crippen LogP contribution in [-0.2, 0) is 6.54 Å². The van der Waals surface area contributed by atoms with E-state index >= 15 is 0 Å². The summed E-state index contributed by atoms with van der Waals surface area (Å²) >= 11 is 0. The molecule has 0 spiro atoms. The fraction of sp³-hybridized carbons (Fsp3) is 0.333. The minimum absolute atomic E-state index is 0.0241. The Morgan fingerprint density at radius 1 is 1.50 bits per heavy atom. The Balaban J connectivity index is 3.02. The number of aliphatic hydroxyl groups is 1. The van der Waals surface area contributed by atoms with Gasteiger partial charge in [0.15, 0.2) is 0 Å². The monoisotopic (exact) mass is 197 g/mol. The van der Waals surface area contributed by atoms with Crippen molar-refractivity contribution in [3.63, 3.8) is 0 Å². The lowest BCUT2D eigenvalue weighted by molar-refractivity contribution is 0.0694. The molecule has 0 saturated heterocycles. The van der Waals surface area contributed by atoms with Gasteiger partial charge in [-0.2, -0.15) is 0 Å². The molecular formula is C9H11NO4. The van der Waals surface area contributed by atoms with Gasteiger partial charge in [-0.15, -0.1) is 0 Å². The number of aromatic carboxylic acids is 1. The first-order valence-electron chi connectivity index (χ1n) is 4.20. The standard InChI is InChI=1S/C9H11NO4/c11-6-2-5-10-4-1-3-7(8(10)12)9(13)14/h1,3-4,11H,2,5-6H2,(H,13,14). The number of hydrogen-bond acceptors (Lipinski definition) is 3. The lowest BCUT2D eigenvalue weighted by Crippen LogP contribution is -2.25. The van der Waals surface area contributed by atoms with Crippen LogP contribution in [0.3, 0.4) is 0 Å². The molecule has 0 fully saturated rings. The Kier molecular flexibility index (Phi) is 3.41. The van der Waals surface area contributed by atoms with Crippen molar-refractivity contribution in [2.24, 2.45) is 0 Å². The lowest BCUT2D eigenvalue weighted by atomic mass is 10.3. The summed E-state index contributed by atoms with van der Waals surface area (Å²) in [6.45, 7) is 0.306. The minimum Gasteiger partial charge on any atom is -0.477 e. The third kappa shape index (κ3) is 2.20. The molecule has 14 heavy (non-hydrogen) atoms. The molecule has 0 atom stereocenters. The molecule has 0 aliphatic heterocycles. The molecule has 1 rings (SSSR count). The average Bonchev–Trinajstić information content (AvgIpc) is 2.16. The van der Waals surface area contributed by atoms with Crippen molar-refractivity contribution in [2.45, 2.75) is 13.0 Å². The van der Waals surface area contributed by atoms with Crippen LogP contribution in [0.25, 0.3) is 0 Å². The van der Waals surface area contributed by atoms with E-state index in [1.54, 1.807) is 0 Å². The number of aliphatic hydroxyl groups excluding tert-OH is 1. The molecule has 0 saturated carbocycles. The zero-order valence-electron chi connectivity index (χ0n) is 7.51. The number of hydrogen-bond donors (Lipinski definition) is 2. The van der Waals surface area contributed by atoms with Gasteiger partial charge in [-0.25, -0.2) is 4.79 Å². The number of rotatable bonds is 4. The number of carbonyl (C=O) groups is 1. The van der Waals surface area contributed by atoms with Crippen LogP contribution in [0.4, 0.5) is 0 Å². The second kappa shape index (κ2) is 4.57. The molecule has 1 aromatic rings. The van der Waals surface area contributed by atoms with Crippen LogP contribution in [0.1, 0.15) is 16.8 Å². The fourth-order valence-electron chi connectivity index (χ4n) is 1.12. The first-order chi connectivity index (χ1) is 6.66. The minimum atomic E-state index is -1.23. The van der Waals surface area contributed by atoms with Crippen molar-refractivity contribution in [2.75, 3.05) is 6.61 Å². The van der Waals surface area contributed by atoms with E-state index in [1.807, 2.05) is 0 Å². The van der Waals surface area contributed by atoms with E-state index in [-0.39, 0.29) is 12.2 Å². The van der Waals surface area contributed by atoms with Crippen molar-refractivity contribution in [3.8, 4) is 0 Å². The quantitative estimate of drug-likeness (QED) is 0.708. The van der Waals surface area contributed by atoms with Gasteiger partial charge in [-0.05, 0) is 18.6 Å². The summed E-state index contributed by atoms with van der Waals surface area (Å²) in [6, 6.07) is 2.77. The van der Waals surface area contributed by atoms with E-state index in [0.29, 0.717) is 13.0 Å². The van der Waals surface area contributed by atoms with Gasteiger partial charge in [0.05, 0.1) is 0 Å². The SMILES string of the molecule is O=C(O)c1cccn(CCCO)c1=O. The summed E-state index contributed by atoms with van der Waals surface area (Å²) in [5.74, 6) is -1.23. The molecule has 1 aromatic heterocycles. The maximum Gasteiger partial charge on any atom is 0.341 e. The molecule has 0 amide bonds. The van der Waals surface area contributed by atoms with Crippen molar-refractivity contribution >= 4 is 5.97 Å². The van der Waals surface area contributed by atoms with Crippen LogP contribution >= 0.6 is 0 Å². The van der Waals surface area contributed by atoms with Crippen molar-refractivity contribution in [1.82, 2.24) is 4.57 Å². The molecule has 5 nitrogen and oxygen atoms in total. The van der Waals surface area contributed by atoms with E-state index in [0.717, 1.165) is 0 Å².